The molecule has 0 spiro atoms. The fourth-order valence-corrected chi connectivity index (χ4v) is 0.603. The van der Waals surface area contributed by atoms with Gasteiger partial charge in [-0.15, -0.1) is 0 Å². The first kappa shape index (κ1) is 14.6. The molecule has 0 aliphatic rings. The summed E-state index contributed by atoms with van der Waals surface area (Å²) < 4.78 is 4.90. The van der Waals surface area contributed by atoms with Crippen molar-refractivity contribution in [2.45, 2.75) is 19.8 Å². The third kappa shape index (κ3) is 4.62. The van der Waals surface area contributed by atoms with Gasteiger partial charge in [0.1, 0.15) is 0 Å². The van der Waals surface area contributed by atoms with Crippen LogP contribution in [-0.2, 0) is 4.65 Å². The largest absolute Gasteiger partial charge is 1.00 e. The standard InChI is InChI=1S/C7H9BN3O.Li/c1-2-3-4-12-8(5-9,6-10)7-11;/h2-4H2,1H3;/q-1;+1. The molecule has 0 rings (SSSR count). The smallest absolute Gasteiger partial charge is 0.557 e. The molecule has 0 heterocycles. The van der Waals surface area contributed by atoms with Crippen LogP contribution in [0, 0.1) is 33.7 Å². The minimum Gasteiger partial charge on any atom is -0.557 e. The van der Waals surface area contributed by atoms with Crippen LogP contribution in [-0.4, -0.2) is 13.0 Å². The van der Waals surface area contributed by atoms with Crippen molar-refractivity contribution >= 4 is 6.35 Å². The molecule has 0 aliphatic heterocycles. The predicted molar refractivity (Wildman–Crippen MR) is 43.5 cm³/mol. The van der Waals surface area contributed by atoms with Crippen molar-refractivity contribution in [2.24, 2.45) is 0 Å². The van der Waals surface area contributed by atoms with E-state index in [-0.39, 0.29) is 18.9 Å². The van der Waals surface area contributed by atoms with Crippen LogP contribution in [0.3, 0.4) is 0 Å². The van der Waals surface area contributed by atoms with E-state index in [0.717, 1.165) is 12.8 Å². The summed E-state index contributed by atoms with van der Waals surface area (Å²) in [5.41, 5.74) is 0. The van der Waals surface area contributed by atoms with E-state index >= 15 is 0 Å². The second kappa shape index (κ2) is 7.73. The van der Waals surface area contributed by atoms with Crippen LogP contribution in [0.5, 0.6) is 0 Å². The topological polar surface area (TPSA) is 80.6 Å². The van der Waals surface area contributed by atoms with Crippen molar-refractivity contribution in [3.05, 3.63) is 0 Å². The normalized spacial score (nSPS) is 8.77. The molecule has 0 aliphatic carbocycles. The van der Waals surface area contributed by atoms with Crippen LogP contribution in [0.4, 0.5) is 0 Å². The minimum atomic E-state index is -2.55. The Balaban J connectivity index is 0. The third-order valence-electron chi connectivity index (χ3n) is 1.41. The van der Waals surface area contributed by atoms with Crippen LogP contribution < -0.4 is 18.9 Å². The van der Waals surface area contributed by atoms with Crippen LogP contribution >= 0.6 is 0 Å². The van der Waals surface area contributed by atoms with Crippen LogP contribution in [0.1, 0.15) is 19.8 Å². The Morgan fingerprint density at radius 1 is 1.15 bits per heavy atom. The van der Waals surface area contributed by atoms with Crippen molar-refractivity contribution in [2.75, 3.05) is 6.61 Å². The average molecular weight is 169 g/mol. The van der Waals surface area contributed by atoms with Gasteiger partial charge in [0.15, 0.2) is 0 Å². The Morgan fingerprint density at radius 3 is 1.92 bits per heavy atom. The van der Waals surface area contributed by atoms with Gasteiger partial charge in [0.25, 0.3) is 0 Å². The first-order valence-corrected chi connectivity index (χ1v) is 3.77. The van der Waals surface area contributed by atoms with E-state index in [2.05, 4.69) is 0 Å². The Bertz CT molecular complexity index is 226. The second-order valence-corrected chi connectivity index (χ2v) is 2.40. The Hall–Kier alpha value is -0.908. The molecule has 0 atom stereocenters. The van der Waals surface area contributed by atoms with E-state index in [1.807, 2.05) is 6.92 Å². The molecule has 0 saturated heterocycles. The summed E-state index contributed by atoms with van der Waals surface area (Å²) >= 11 is 0. The molecule has 62 valence electrons. The fraction of sp³-hybridized carbons (Fsp3) is 0.571. The monoisotopic (exact) mass is 169 g/mol. The first-order chi connectivity index (χ1) is 5.74. The molecule has 6 heteroatoms. The Labute approximate surface area is 90.2 Å². The molecular weight excluding hydrogens is 160 g/mol. The van der Waals surface area contributed by atoms with Crippen molar-refractivity contribution in [1.82, 2.24) is 0 Å². The molecule has 0 bridgehead atoms. The van der Waals surface area contributed by atoms with Gasteiger partial charge in [0, 0.05) is 6.61 Å². The van der Waals surface area contributed by atoms with Gasteiger partial charge in [-0.25, -0.2) is 15.8 Å². The maximum absolute atomic E-state index is 8.48. The number of unbranched alkanes of at least 4 members (excludes halogenated alkanes) is 1. The van der Waals surface area contributed by atoms with Gasteiger partial charge in [-0.3, -0.25) is 0 Å². The van der Waals surface area contributed by atoms with Crippen LogP contribution in [0.15, 0.2) is 0 Å². The van der Waals surface area contributed by atoms with Crippen molar-refractivity contribution in [1.29, 1.82) is 15.8 Å². The maximum Gasteiger partial charge on any atom is 1.00 e. The zero-order valence-electron chi connectivity index (χ0n) is 7.95. The van der Waals surface area contributed by atoms with Gasteiger partial charge in [-0.1, -0.05) is 31.3 Å². The summed E-state index contributed by atoms with van der Waals surface area (Å²) in [6.45, 7) is 2.26. The van der Waals surface area contributed by atoms with Gasteiger partial charge < -0.3 is 4.65 Å². The zero-order chi connectivity index (χ0) is 9.45. The van der Waals surface area contributed by atoms with E-state index in [1.54, 1.807) is 17.9 Å². The molecule has 0 aromatic carbocycles. The number of rotatable bonds is 4. The molecule has 0 amide bonds. The number of nitrogens with zero attached hydrogens (tertiary/aromatic N) is 3. The van der Waals surface area contributed by atoms with E-state index in [1.165, 1.54) is 0 Å². The molecule has 13 heavy (non-hydrogen) atoms. The quantitative estimate of drug-likeness (QED) is 0.358. The molecule has 4 nitrogen and oxygen atoms in total. The Kier molecular flexibility index (Phi) is 8.68. The summed E-state index contributed by atoms with van der Waals surface area (Å²) in [5.74, 6) is 4.78. The average Bonchev–Trinajstić information content (AvgIpc) is 2.14. The van der Waals surface area contributed by atoms with Crippen molar-refractivity contribution in [3.63, 3.8) is 0 Å². The predicted octanol–water partition coefficient (Wildman–Crippen LogP) is -2.06. The first-order valence-electron chi connectivity index (χ1n) is 3.77. The molecule has 0 unspecified atom stereocenters. The summed E-state index contributed by atoms with van der Waals surface area (Å²) in [7, 11) is 0. The SMILES string of the molecule is CCCCO[B-](C#N)(C#N)C#N.[Li+]. The zero-order valence-corrected chi connectivity index (χ0v) is 7.95. The summed E-state index contributed by atoms with van der Waals surface area (Å²) in [4.78, 5) is 0. The summed E-state index contributed by atoms with van der Waals surface area (Å²) in [6, 6.07) is 0. The fourth-order valence-electron chi connectivity index (χ4n) is 0.603. The van der Waals surface area contributed by atoms with Gasteiger partial charge in [0.05, 0.1) is 0 Å². The van der Waals surface area contributed by atoms with Gasteiger partial charge in [0.2, 0.25) is 0 Å². The molecule has 0 radical (unpaired) electrons. The van der Waals surface area contributed by atoms with E-state index in [0.29, 0.717) is 6.61 Å². The maximum atomic E-state index is 8.48. The second-order valence-electron chi connectivity index (χ2n) is 2.40. The van der Waals surface area contributed by atoms with E-state index in [4.69, 9.17) is 20.4 Å². The van der Waals surface area contributed by atoms with Gasteiger partial charge in [-0.2, -0.15) is 0 Å². The number of hydrogen-bond acceptors (Lipinski definition) is 4. The molecule has 0 N–H and O–H groups in total. The number of hydrogen-bond donors (Lipinski definition) is 0. The molecule has 0 aromatic heterocycles. The van der Waals surface area contributed by atoms with Gasteiger partial charge >= 0.3 is 25.2 Å². The molecule has 0 fully saturated rings. The molecule has 0 aromatic rings. The number of nitriles is 3. The van der Waals surface area contributed by atoms with Crippen LogP contribution in [0.2, 0.25) is 0 Å². The van der Waals surface area contributed by atoms with Crippen molar-refractivity contribution < 1.29 is 23.5 Å². The van der Waals surface area contributed by atoms with Gasteiger partial charge in [-0.05, 0) is 6.42 Å². The minimum absolute atomic E-state index is 0. The summed E-state index contributed by atoms with van der Waals surface area (Å²) in [6.07, 6.45) is -0.882. The van der Waals surface area contributed by atoms with E-state index in [9.17, 15) is 0 Å². The molecule has 0 saturated carbocycles. The van der Waals surface area contributed by atoms with E-state index < -0.39 is 6.35 Å². The van der Waals surface area contributed by atoms with Crippen molar-refractivity contribution in [3.8, 4) is 17.9 Å². The molecular formula is C7H9BLiN3O. The third-order valence-corrected chi connectivity index (χ3v) is 1.41. The summed E-state index contributed by atoms with van der Waals surface area (Å²) in [5, 5.41) is 25.5. The van der Waals surface area contributed by atoms with Crippen LogP contribution in [0.25, 0.3) is 0 Å². The Morgan fingerprint density at radius 2 is 1.62 bits per heavy atom.